The van der Waals surface area contributed by atoms with Crippen LogP contribution < -0.4 is 10.6 Å². The van der Waals surface area contributed by atoms with Gasteiger partial charge >= 0.3 is 0 Å². The molecule has 1 fully saturated rings. The van der Waals surface area contributed by atoms with Gasteiger partial charge in [0.2, 0.25) is 0 Å². The highest BCUT2D eigenvalue weighted by Gasteiger charge is 2.21. The summed E-state index contributed by atoms with van der Waals surface area (Å²) in [5.74, 6) is 1.72. The molecule has 0 radical (unpaired) electrons. The van der Waals surface area contributed by atoms with Crippen LogP contribution in [0, 0.1) is 11.8 Å². The minimum Gasteiger partial charge on any atom is -0.316 e. The van der Waals surface area contributed by atoms with Crippen molar-refractivity contribution in [3.8, 4) is 0 Å². The summed E-state index contributed by atoms with van der Waals surface area (Å²) >= 11 is 0. The smallest absolute Gasteiger partial charge is 0.000523 e. The fraction of sp³-hybridized carbons (Fsp3) is 1.00. The Bertz CT molecular complexity index is 114. The SMILES string of the molecule is CCCCNCC1CNCC1C. The third-order valence-corrected chi connectivity index (χ3v) is 2.79. The summed E-state index contributed by atoms with van der Waals surface area (Å²) in [4.78, 5) is 0. The van der Waals surface area contributed by atoms with Crippen molar-refractivity contribution >= 4 is 0 Å². The molecule has 1 heterocycles. The molecule has 0 bridgehead atoms. The summed E-state index contributed by atoms with van der Waals surface area (Å²) in [6.45, 7) is 9.39. The molecule has 0 spiro atoms. The third kappa shape index (κ3) is 3.11. The molecule has 2 unspecified atom stereocenters. The average Bonchev–Trinajstić information content (AvgIpc) is 2.46. The van der Waals surface area contributed by atoms with Crippen LogP contribution in [-0.4, -0.2) is 26.2 Å². The molecule has 1 aliphatic heterocycles. The van der Waals surface area contributed by atoms with Crippen LogP contribution in [0.1, 0.15) is 26.7 Å². The van der Waals surface area contributed by atoms with E-state index in [4.69, 9.17) is 0 Å². The van der Waals surface area contributed by atoms with Crippen LogP contribution in [-0.2, 0) is 0 Å². The first kappa shape index (κ1) is 10.0. The Morgan fingerprint density at radius 3 is 2.83 bits per heavy atom. The lowest BCUT2D eigenvalue weighted by atomic mass is 9.98. The fourth-order valence-electron chi connectivity index (χ4n) is 1.73. The zero-order chi connectivity index (χ0) is 8.81. The predicted octanol–water partition coefficient (Wildman–Crippen LogP) is 1.23. The molecule has 12 heavy (non-hydrogen) atoms. The first-order chi connectivity index (χ1) is 5.84. The quantitative estimate of drug-likeness (QED) is 0.606. The van der Waals surface area contributed by atoms with E-state index in [1.807, 2.05) is 0 Å². The van der Waals surface area contributed by atoms with E-state index in [0.29, 0.717) is 0 Å². The van der Waals surface area contributed by atoms with Crippen LogP contribution in [0.2, 0.25) is 0 Å². The topological polar surface area (TPSA) is 24.1 Å². The standard InChI is InChI=1S/C10H22N2/c1-3-4-5-11-7-10-8-12-6-9(10)2/h9-12H,3-8H2,1-2H3. The van der Waals surface area contributed by atoms with Crippen LogP contribution in [0.3, 0.4) is 0 Å². The van der Waals surface area contributed by atoms with Gasteiger partial charge in [0.15, 0.2) is 0 Å². The average molecular weight is 170 g/mol. The Morgan fingerprint density at radius 1 is 1.42 bits per heavy atom. The lowest BCUT2D eigenvalue weighted by molar-refractivity contribution is 0.419. The van der Waals surface area contributed by atoms with Gasteiger partial charge in [0.25, 0.3) is 0 Å². The molecule has 2 N–H and O–H groups in total. The van der Waals surface area contributed by atoms with Crippen LogP contribution in [0.4, 0.5) is 0 Å². The molecule has 1 aliphatic rings. The molecule has 1 saturated heterocycles. The maximum atomic E-state index is 3.52. The normalized spacial score (nSPS) is 29.5. The second-order valence-corrected chi connectivity index (χ2v) is 3.95. The fourth-order valence-corrected chi connectivity index (χ4v) is 1.73. The lowest BCUT2D eigenvalue weighted by Gasteiger charge is -2.14. The van der Waals surface area contributed by atoms with Crippen LogP contribution in [0.15, 0.2) is 0 Å². The Kier molecular flexibility index (Phi) is 4.62. The predicted molar refractivity (Wildman–Crippen MR) is 53.3 cm³/mol. The van der Waals surface area contributed by atoms with Crippen molar-refractivity contribution < 1.29 is 0 Å². The van der Waals surface area contributed by atoms with Gasteiger partial charge < -0.3 is 10.6 Å². The molecular formula is C10H22N2. The van der Waals surface area contributed by atoms with Gasteiger partial charge in [-0.15, -0.1) is 0 Å². The Hall–Kier alpha value is -0.0800. The van der Waals surface area contributed by atoms with Crippen LogP contribution >= 0.6 is 0 Å². The second-order valence-electron chi connectivity index (χ2n) is 3.95. The summed E-state index contributed by atoms with van der Waals surface area (Å²) in [6.07, 6.45) is 2.61. The molecule has 0 amide bonds. The van der Waals surface area contributed by atoms with Crippen LogP contribution in [0.5, 0.6) is 0 Å². The van der Waals surface area contributed by atoms with Gasteiger partial charge in [0.1, 0.15) is 0 Å². The first-order valence-electron chi connectivity index (χ1n) is 5.26. The van der Waals surface area contributed by atoms with Crippen molar-refractivity contribution in [3.63, 3.8) is 0 Å². The van der Waals surface area contributed by atoms with Gasteiger partial charge in [-0.1, -0.05) is 20.3 Å². The minimum absolute atomic E-state index is 0.860. The molecule has 2 heteroatoms. The molecular weight excluding hydrogens is 148 g/mol. The van der Waals surface area contributed by atoms with Crippen molar-refractivity contribution in [3.05, 3.63) is 0 Å². The molecule has 2 nitrogen and oxygen atoms in total. The number of rotatable bonds is 5. The van der Waals surface area contributed by atoms with Gasteiger partial charge in [0.05, 0.1) is 0 Å². The van der Waals surface area contributed by atoms with Crippen molar-refractivity contribution in [2.75, 3.05) is 26.2 Å². The summed E-state index contributed by atoms with van der Waals surface area (Å²) in [5.41, 5.74) is 0. The van der Waals surface area contributed by atoms with Crippen molar-refractivity contribution in [1.82, 2.24) is 10.6 Å². The highest BCUT2D eigenvalue weighted by Crippen LogP contribution is 2.14. The van der Waals surface area contributed by atoms with Gasteiger partial charge in [0, 0.05) is 0 Å². The Morgan fingerprint density at radius 2 is 2.25 bits per heavy atom. The van der Waals surface area contributed by atoms with E-state index in [1.165, 1.54) is 39.0 Å². The molecule has 1 rings (SSSR count). The largest absolute Gasteiger partial charge is 0.316 e. The zero-order valence-corrected chi connectivity index (χ0v) is 8.40. The van der Waals surface area contributed by atoms with E-state index in [9.17, 15) is 0 Å². The molecule has 2 atom stereocenters. The number of hydrogen-bond donors (Lipinski definition) is 2. The number of hydrogen-bond acceptors (Lipinski definition) is 2. The lowest BCUT2D eigenvalue weighted by Crippen LogP contribution is -2.27. The summed E-state index contributed by atoms with van der Waals surface area (Å²) < 4.78 is 0. The van der Waals surface area contributed by atoms with Gasteiger partial charge in [-0.05, 0) is 44.4 Å². The van der Waals surface area contributed by atoms with E-state index < -0.39 is 0 Å². The Labute approximate surface area is 76.1 Å². The van der Waals surface area contributed by atoms with Crippen LogP contribution in [0.25, 0.3) is 0 Å². The molecule has 0 aromatic heterocycles. The minimum atomic E-state index is 0.860. The highest BCUT2D eigenvalue weighted by atomic mass is 14.9. The van der Waals surface area contributed by atoms with Crippen molar-refractivity contribution in [1.29, 1.82) is 0 Å². The molecule has 0 saturated carbocycles. The highest BCUT2D eigenvalue weighted by molar-refractivity contribution is 4.79. The van der Waals surface area contributed by atoms with E-state index in [2.05, 4.69) is 24.5 Å². The number of nitrogens with one attached hydrogen (secondary N) is 2. The van der Waals surface area contributed by atoms with Crippen molar-refractivity contribution in [2.24, 2.45) is 11.8 Å². The van der Waals surface area contributed by atoms with Crippen molar-refractivity contribution in [2.45, 2.75) is 26.7 Å². The maximum absolute atomic E-state index is 3.52. The van der Waals surface area contributed by atoms with E-state index >= 15 is 0 Å². The third-order valence-electron chi connectivity index (χ3n) is 2.79. The first-order valence-corrected chi connectivity index (χ1v) is 5.26. The van der Waals surface area contributed by atoms with E-state index in [0.717, 1.165) is 11.8 Å². The van der Waals surface area contributed by atoms with E-state index in [1.54, 1.807) is 0 Å². The summed E-state index contributed by atoms with van der Waals surface area (Å²) in [6, 6.07) is 0. The van der Waals surface area contributed by atoms with Gasteiger partial charge in [-0.25, -0.2) is 0 Å². The molecule has 0 aromatic carbocycles. The molecule has 72 valence electrons. The zero-order valence-electron chi connectivity index (χ0n) is 8.40. The maximum Gasteiger partial charge on any atom is -0.000523 e. The number of unbranched alkanes of at least 4 members (excludes halogenated alkanes) is 1. The summed E-state index contributed by atoms with van der Waals surface area (Å²) in [7, 11) is 0. The Balaban J connectivity index is 1.98. The van der Waals surface area contributed by atoms with E-state index in [-0.39, 0.29) is 0 Å². The second kappa shape index (κ2) is 5.55. The van der Waals surface area contributed by atoms with Gasteiger partial charge in [-0.3, -0.25) is 0 Å². The molecule has 0 aliphatic carbocycles. The molecule has 0 aromatic rings. The monoisotopic (exact) mass is 170 g/mol. The van der Waals surface area contributed by atoms with Gasteiger partial charge in [-0.2, -0.15) is 0 Å². The summed E-state index contributed by atoms with van der Waals surface area (Å²) in [5, 5.41) is 6.94.